The molecule has 1 N–H and O–H groups in total. The van der Waals surface area contributed by atoms with Gasteiger partial charge in [0.2, 0.25) is 0 Å². The first-order valence-corrected chi connectivity index (χ1v) is 9.07. The molecule has 0 aliphatic carbocycles. The van der Waals surface area contributed by atoms with Gasteiger partial charge in [-0.1, -0.05) is 30.3 Å². The molecule has 0 spiro atoms. The summed E-state index contributed by atoms with van der Waals surface area (Å²) in [7, 11) is 0. The summed E-state index contributed by atoms with van der Waals surface area (Å²) in [5, 5.41) is 2.83. The summed E-state index contributed by atoms with van der Waals surface area (Å²) in [6.07, 6.45) is 1.70. The highest BCUT2D eigenvalue weighted by Crippen LogP contribution is 2.26. The van der Waals surface area contributed by atoms with Crippen LogP contribution in [0, 0.1) is 0 Å². The van der Waals surface area contributed by atoms with E-state index < -0.39 is 0 Å². The minimum absolute atomic E-state index is 0.0964. The second-order valence-electron chi connectivity index (χ2n) is 6.78. The van der Waals surface area contributed by atoms with Gasteiger partial charge in [0.1, 0.15) is 0 Å². The Balaban J connectivity index is 1.47. The Morgan fingerprint density at radius 1 is 1.07 bits per heavy atom. The zero-order valence-corrected chi connectivity index (χ0v) is 14.8. The Kier molecular flexibility index (Phi) is 4.73. The van der Waals surface area contributed by atoms with E-state index in [2.05, 4.69) is 5.32 Å². The van der Waals surface area contributed by atoms with E-state index in [1.54, 1.807) is 12.1 Å². The Morgan fingerprint density at radius 2 is 1.85 bits per heavy atom. The number of hydrogen-bond donors (Lipinski definition) is 1. The Hall–Kier alpha value is -2.99. The molecule has 1 atom stereocenters. The van der Waals surface area contributed by atoms with Crippen molar-refractivity contribution in [3.8, 4) is 0 Å². The maximum Gasteiger partial charge on any atom is 0.261 e. The van der Waals surface area contributed by atoms with Gasteiger partial charge in [-0.2, -0.15) is 0 Å². The zero-order chi connectivity index (χ0) is 18.8. The van der Waals surface area contributed by atoms with Crippen LogP contribution in [0.25, 0.3) is 0 Å². The maximum absolute atomic E-state index is 12.7. The van der Waals surface area contributed by atoms with Gasteiger partial charge in [0, 0.05) is 18.7 Å². The number of ether oxygens (including phenoxy) is 1. The fraction of sp³-hybridized carbons (Fsp3) is 0.286. The van der Waals surface area contributed by atoms with Crippen LogP contribution in [0.4, 0.5) is 0 Å². The number of rotatable bonds is 5. The van der Waals surface area contributed by atoms with Crippen molar-refractivity contribution in [3.63, 3.8) is 0 Å². The maximum atomic E-state index is 12.7. The largest absolute Gasteiger partial charge is 0.376 e. The van der Waals surface area contributed by atoms with Crippen LogP contribution in [-0.4, -0.2) is 41.9 Å². The summed E-state index contributed by atoms with van der Waals surface area (Å²) in [6.45, 7) is 1.33. The standard InChI is InChI=1S/C21H20N2O4/c24-19(22-12-14-5-2-1-3-6-14)15-8-9-17-18(11-15)21(26)23(20(17)25)13-16-7-4-10-27-16/h1-3,5-6,8-9,11,16H,4,7,10,12-13H2,(H,22,24)/t16-/m0/s1. The highest BCUT2D eigenvalue weighted by molar-refractivity contribution is 6.22. The van der Waals surface area contributed by atoms with E-state index in [0.29, 0.717) is 24.3 Å². The topological polar surface area (TPSA) is 75.7 Å². The van der Waals surface area contributed by atoms with Gasteiger partial charge in [0.05, 0.1) is 23.8 Å². The molecule has 0 radical (unpaired) electrons. The van der Waals surface area contributed by atoms with Crippen LogP contribution in [-0.2, 0) is 11.3 Å². The number of amides is 3. The van der Waals surface area contributed by atoms with Crippen molar-refractivity contribution in [1.29, 1.82) is 0 Å². The first-order valence-electron chi connectivity index (χ1n) is 9.07. The number of hydrogen-bond acceptors (Lipinski definition) is 4. The van der Waals surface area contributed by atoms with Crippen molar-refractivity contribution in [2.75, 3.05) is 13.2 Å². The van der Waals surface area contributed by atoms with E-state index >= 15 is 0 Å². The SMILES string of the molecule is O=C(NCc1ccccc1)c1ccc2c(c1)C(=O)N(C[C@@H]1CCCO1)C2=O. The molecule has 27 heavy (non-hydrogen) atoms. The van der Waals surface area contributed by atoms with Gasteiger partial charge in [0.25, 0.3) is 17.7 Å². The number of imide groups is 1. The van der Waals surface area contributed by atoms with Crippen LogP contribution in [0.3, 0.4) is 0 Å². The molecule has 6 heteroatoms. The summed E-state index contributed by atoms with van der Waals surface area (Å²) in [5.41, 5.74) is 1.98. The highest BCUT2D eigenvalue weighted by atomic mass is 16.5. The summed E-state index contributed by atoms with van der Waals surface area (Å²) >= 11 is 0. The molecule has 138 valence electrons. The lowest BCUT2D eigenvalue weighted by Gasteiger charge is -2.17. The van der Waals surface area contributed by atoms with Crippen molar-refractivity contribution in [3.05, 3.63) is 70.8 Å². The van der Waals surface area contributed by atoms with Crippen molar-refractivity contribution in [1.82, 2.24) is 10.2 Å². The van der Waals surface area contributed by atoms with Crippen LogP contribution in [0.15, 0.2) is 48.5 Å². The number of carbonyl (C=O) groups excluding carboxylic acids is 3. The molecule has 2 aromatic carbocycles. The first-order chi connectivity index (χ1) is 13.1. The lowest BCUT2D eigenvalue weighted by Crippen LogP contribution is -2.36. The minimum Gasteiger partial charge on any atom is -0.376 e. The normalized spacial score (nSPS) is 18.7. The van der Waals surface area contributed by atoms with Gasteiger partial charge in [0.15, 0.2) is 0 Å². The molecule has 0 unspecified atom stereocenters. The molecule has 2 aliphatic rings. The van der Waals surface area contributed by atoms with Gasteiger partial charge < -0.3 is 10.1 Å². The van der Waals surface area contributed by atoms with Gasteiger partial charge in [-0.15, -0.1) is 0 Å². The fourth-order valence-corrected chi connectivity index (χ4v) is 3.47. The third kappa shape index (κ3) is 3.48. The molecule has 2 aromatic rings. The molecule has 2 heterocycles. The monoisotopic (exact) mass is 364 g/mol. The quantitative estimate of drug-likeness (QED) is 0.827. The number of fused-ring (bicyclic) bond motifs is 1. The zero-order valence-electron chi connectivity index (χ0n) is 14.8. The average molecular weight is 364 g/mol. The molecule has 2 aliphatic heterocycles. The number of benzene rings is 2. The molecule has 4 rings (SSSR count). The number of nitrogens with one attached hydrogen (secondary N) is 1. The molecule has 3 amide bonds. The fourth-order valence-electron chi connectivity index (χ4n) is 3.47. The van der Waals surface area contributed by atoms with Gasteiger partial charge in [-0.3, -0.25) is 19.3 Å². The molecule has 1 fully saturated rings. The van der Waals surface area contributed by atoms with Gasteiger partial charge >= 0.3 is 0 Å². The van der Waals surface area contributed by atoms with Crippen molar-refractivity contribution < 1.29 is 19.1 Å². The highest BCUT2D eigenvalue weighted by Gasteiger charge is 2.37. The molecule has 0 saturated carbocycles. The molecule has 1 saturated heterocycles. The van der Waals surface area contributed by atoms with Crippen LogP contribution in [0.1, 0.15) is 49.5 Å². The lowest BCUT2D eigenvalue weighted by atomic mass is 10.1. The summed E-state index contributed by atoms with van der Waals surface area (Å²) in [6, 6.07) is 14.2. The summed E-state index contributed by atoms with van der Waals surface area (Å²) in [5.74, 6) is -0.954. The van der Waals surface area contributed by atoms with Crippen molar-refractivity contribution in [2.45, 2.75) is 25.5 Å². The van der Waals surface area contributed by atoms with Crippen LogP contribution < -0.4 is 5.32 Å². The van der Waals surface area contributed by atoms with Crippen LogP contribution in [0.2, 0.25) is 0 Å². The van der Waals surface area contributed by atoms with E-state index in [-0.39, 0.29) is 35.9 Å². The Bertz CT molecular complexity index is 888. The third-order valence-corrected chi connectivity index (χ3v) is 4.94. The second-order valence-corrected chi connectivity index (χ2v) is 6.78. The molecule has 0 aromatic heterocycles. The van der Waals surface area contributed by atoms with E-state index in [4.69, 9.17) is 4.74 Å². The molecular weight excluding hydrogens is 344 g/mol. The van der Waals surface area contributed by atoms with Crippen molar-refractivity contribution >= 4 is 17.7 Å². The lowest BCUT2D eigenvalue weighted by molar-refractivity contribution is 0.0475. The van der Waals surface area contributed by atoms with Crippen LogP contribution >= 0.6 is 0 Å². The molecule has 0 bridgehead atoms. The van der Waals surface area contributed by atoms with E-state index in [1.807, 2.05) is 30.3 Å². The predicted molar refractivity (Wildman–Crippen MR) is 98.4 cm³/mol. The van der Waals surface area contributed by atoms with Crippen molar-refractivity contribution in [2.24, 2.45) is 0 Å². The Morgan fingerprint density at radius 3 is 2.59 bits per heavy atom. The van der Waals surface area contributed by atoms with Gasteiger partial charge in [-0.25, -0.2) is 0 Å². The summed E-state index contributed by atoms with van der Waals surface area (Å²) in [4.78, 5) is 38.9. The molecular formula is C21H20N2O4. The first kappa shape index (κ1) is 17.4. The third-order valence-electron chi connectivity index (χ3n) is 4.94. The van der Waals surface area contributed by atoms with E-state index in [0.717, 1.165) is 18.4 Å². The summed E-state index contributed by atoms with van der Waals surface area (Å²) < 4.78 is 5.54. The smallest absolute Gasteiger partial charge is 0.261 e. The second kappa shape index (κ2) is 7.32. The number of nitrogens with zero attached hydrogens (tertiary/aromatic N) is 1. The van der Waals surface area contributed by atoms with Crippen LogP contribution in [0.5, 0.6) is 0 Å². The van der Waals surface area contributed by atoms with E-state index in [9.17, 15) is 14.4 Å². The van der Waals surface area contributed by atoms with Gasteiger partial charge in [-0.05, 0) is 36.6 Å². The number of carbonyl (C=O) groups is 3. The minimum atomic E-state index is -0.358. The molecule has 6 nitrogen and oxygen atoms in total. The average Bonchev–Trinajstić information content (AvgIpc) is 3.30. The van der Waals surface area contributed by atoms with E-state index in [1.165, 1.54) is 11.0 Å². The predicted octanol–water partition coefficient (Wildman–Crippen LogP) is 2.39. The Labute approximate surface area is 157 Å².